The van der Waals surface area contributed by atoms with E-state index in [1.165, 1.54) is 0 Å². The second kappa shape index (κ2) is 16.7. The Bertz CT molecular complexity index is 891. The largest absolute Gasteiger partial charge is 0.507 e. The zero-order chi connectivity index (χ0) is 33.9. The maximum atomic E-state index is 6.88. The molecule has 0 amide bonds. The van der Waals surface area contributed by atoms with Crippen molar-refractivity contribution in [2.24, 2.45) is 23.7 Å². The van der Waals surface area contributed by atoms with Crippen molar-refractivity contribution >= 4 is 17.6 Å². The highest BCUT2D eigenvalue weighted by Gasteiger charge is 2.63. The summed E-state index contributed by atoms with van der Waals surface area (Å²) < 4.78 is 40.1. The Morgan fingerprint density at radius 2 is 0.651 bits per heavy atom. The van der Waals surface area contributed by atoms with Crippen molar-refractivity contribution < 1.29 is 26.6 Å². The Kier molecular flexibility index (Phi) is 16.1. The van der Waals surface area contributed by atoms with E-state index in [2.05, 4.69) is 79.1 Å². The van der Waals surface area contributed by atoms with Gasteiger partial charge in [0, 0.05) is 14.2 Å². The minimum Gasteiger partial charge on any atom is -0.377 e. The third-order valence-corrected chi connectivity index (χ3v) is 14.7. The average molecular weight is 633 g/mol. The molecule has 4 atom stereocenters. The summed E-state index contributed by atoms with van der Waals surface area (Å²) in [6.45, 7) is 24.1. The first-order chi connectivity index (χ1) is 19.6. The number of hydrogen-bond acceptors (Lipinski definition) is 6. The van der Waals surface area contributed by atoms with Gasteiger partial charge in [0.05, 0.1) is 5.67 Å². The predicted molar refractivity (Wildman–Crippen MR) is 181 cm³/mol. The molecule has 0 saturated carbocycles. The van der Waals surface area contributed by atoms with Crippen molar-refractivity contribution in [3.63, 3.8) is 0 Å². The predicted octanol–water partition coefficient (Wildman–Crippen LogP) is 7.51. The van der Waals surface area contributed by atoms with Gasteiger partial charge in [0.2, 0.25) is 0 Å². The molecule has 0 aliphatic rings. The van der Waals surface area contributed by atoms with E-state index in [0.717, 1.165) is 0 Å². The summed E-state index contributed by atoms with van der Waals surface area (Å²) in [5, 5.41) is 0. The van der Waals surface area contributed by atoms with Gasteiger partial charge in [-0.2, -0.15) is 0 Å². The second-order valence-corrected chi connectivity index (χ2v) is 20.0. The fourth-order valence-electron chi connectivity index (χ4n) is 5.77. The molecule has 0 aliphatic carbocycles. The molecule has 0 spiro atoms. The van der Waals surface area contributed by atoms with Crippen LogP contribution in [0.25, 0.3) is 0 Å². The Morgan fingerprint density at radius 1 is 0.465 bits per heavy atom. The summed E-state index contributed by atoms with van der Waals surface area (Å²) in [6.07, 6.45) is 26.6. The molecule has 0 radical (unpaired) electrons. The summed E-state index contributed by atoms with van der Waals surface area (Å²) in [5.41, 5.74) is -4.18. The molecule has 0 heterocycles. The SMILES string of the molecule is C#CC(C)(CC(C)C)O[Si](C[Si](OC)(OC(C)(C#C)CC(C)C)OC(C)(C#C)CC(C)C)(OC)OC(C)(C#C)CC(C)C. The average Bonchev–Trinajstić information content (AvgIpc) is 2.86. The molecule has 0 aromatic heterocycles. The molecule has 6 nitrogen and oxygen atoms in total. The van der Waals surface area contributed by atoms with Crippen LogP contribution in [0.2, 0.25) is 5.67 Å². The van der Waals surface area contributed by atoms with Crippen LogP contribution in [0.4, 0.5) is 0 Å². The van der Waals surface area contributed by atoms with Crippen molar-refractivity contribution in [1.29, 1.82) is 0 Å². The molecule has 0 bridgehead atoms. The zero-order valence-corrected chi connectivity index (χ0v) is 31.6. The second-order valence-electron chi connectivity index (χ2n) is 14.3. The third-order valence-electron chi connectivity index (χ3n) is 6.99. The summed E-state index contributed by atoms with van der Waals surface area (Å²) >= 11 is 0. The maximum absolute atomic E-state index is 6.88. The molecular weight excluding hydrogens is 573 g/mol. The molecule has 0 fully saturated rings. The van der Waals surface area contributed by atoms with Crippen molar-refractivity contribution in [2.45, 2.75) is 137 Å². The van der Waals surface area contributed by atoms with E-state index in [9.17, 15) is 0 Å². The lowest BCUT2D eigenvalue weighted by Crippen LogP contribution is -2.65. The molecule has 43 heavy (non-hydrogen) atoms. The topological polar surface area (TPSA) is 55.4 Å². The molecule has 0 N–H and O–H groups in total. The summed E-state index contributed by atoms with van der Waals surface area (Å²) in [5.74, 6) is 12.3. The van der Waals surface area contributed by atoms with Crippen LogP contribution in [0.3, 0.4) is 0 Å². The first-order valence-electron chi connectivity index (χ1n) is 15.4. The molecule has 0 aromatic rings. The summed E-state index contributed by atoms with van der Waals surface area (Å²) in [4.78, 5) is 0. The van der Waals surface area contributed by atoms with E-state index in [-0.39, 0.29) is 29.3 Å². The standard InChI is InChI=1S/C35H60O6Si2/c1-19-32(13,23-28(5)6)38-42(36-17,39-33(14,20-2)24-29(7)8)27-43(37-18,40-34(15,21-3)25-30(9)10)41-35(16,22-4)26-31(11)12/h1-4,28-31H,23-27H2,5-18H3. The van der Waals surface area contributed by atoms with E-state index in [4.69, 9.17) is 52.2 Å². The minimum absolute atomic E-state index is 0.0114. The molecule has 8 heteroatoms. The number of terminal acetylenes is 4. The number of hydrogen-bond donors (Lipinski definition) is 0. The zero-order valence-electron chi connectivity index (χ0n) is 29.6. The highest BCUT2D eigenvalue weighted by Crippen LogP contribution is 2.40. The van der Waals surface area contributed by atoms with Crippen LogP contribution in [-0.2, 0) is 26.6 Å². The van der Waals surface area contributed by atoms with Gasteiger partial charge < -0.3 is 26.6 Å². The Hall–Kier alpha value is -1.57. The summed E-state index contributed by atoms with van der Waals surface area (Å²) in [6, 6.07) is 0. The van der Waals surface area contributed by atoms with E-state index in [1.807, 2.05) is 27.7 Å². The molecule has 4 unspecified atom stereocenters. The monoisotopic (exact) mass is 632 g/mol. The van der Waals surface area contributed by atoms with Gasteiger partial charge in [0.25, 0.3) is 0 Å². The van der Waals surface area contributed by atoms with Gasteiger partial charge >= 0.3 is 17.6 Å². The molecule has 0 rings (SSSR count). The lowest BCUT2D eigenvalue weighted by Gasteiger charge is -2.46. The van der Waals surface area contributed by atoms with Crippen molar-refractivity contribution in [1.82, 2.24) is 0 Å². The van der Waals surface area contributed by atoms with Gasteiger partial charge in [-0.1, -0.05) is 79.1 Å². The highest BCUT2D eigenvalue weighted by molar-refractivity contribution is 6.80. The Labute approximate surface area is 267 Å². The highest BCUT2D eigenvalue weighted by atomic mass is 28.5. The Morgan fingerprint density at radius 3 is 0.767 bits per heavy atom. The van der Waals surface area contributed by atoms with Crippen LogP contribution in [0.5, 0.6) is 0 Å². The fourth-order valence-corrected chi connectivity index (χ4v) is 13.9. The molecule has 0 aliphatic heterocycles. The fraction of sp³-hybridized carbons (Fsp3) is 0.771. The van der Waals surface area contributed by atoms with Crippen molar-refractivity contribution in [3.8, 4) is 49.4 Å². The normalized spacial score (nSPS) is 20.4. The Balaban J connectivity index is 7.57. The van der Waals surface area contributed by atoms with Crippen molar-refractivity contribution in [2.75, 3.05) is 14.2 Å². The quantitative estimate of drug-likeness (QED) is 0.102. The van der Waals surface area contributed by atoms with Gasteiger partial charge in [-0.15, -0.1) is 25.7 Å². The molecule has 0 aromatic carbocycles. The van der Waals surface area contributed by atoms with E-state index < -0.39 is 40.0 Å². The van der Waals surface area contributed by atoms with Crippen LogP contribution in [0.15, 0.2) is 0 Å². The third kappa shape index (κ3) is 13.5. The van der Waals surface area contributed by atoms with E-state index in [0.29, 0.717) is 25.7 Å². The van der Waals surface area contributed by atoms with Crippen LogP contribution in [-0.4, -0.2) is 54.2 Å². The lowest BCUT2D eigenvalue weighted by atomic mass is 9.95. The first kappa shape index (κ1) is 41.4. The maximum Gasteiger partial charge on any atom is 0.507 e. The van der Waals surface area contributed by atoms with Crippen LogP contribution in [0.1, 0.15) is 109 Å². The van der Waals surface area contributed by atoms with Crippen LogP contribution in [0, 0.1) is 73.0 Å². The van der Waals surface area contributed by atoms with Gasteiger partial charge in [-0.3, -0.25) is 0 Å². The van der Waals surface area contributed by atoms with Gasteiger partial charge in [0.15, 0.2) is 0 Å². The van der Waals surface area contributed by atoms with E-state index >= 15 is 0 Å². The lowest BCUT2D eigenvalue weighted by molar-refractivity contribution is -0.0515. The van der Waals surface area contributed by atoms with Crippen molar-refractivity contribution in [3.05, 3.63) is 0 Å². The van der Waals surface area contributed by atoms with Gasteiger partial charge in [-0.25, -0.2) is 0 Å². The van der Waals surface area contributed by atoms with Crippen LogP contribution >= 0.6 is 0 Å². The van der Waals surface area contributed by atoms with Gasteiger partial charge in [0.1, 0.15) is 22.4 Å². The molecular formula is C35H60O6Si2. The minimum atomic E-state index is -3.91. The van der Waals surface area contributed by atoms with E-state index in [1.54, 1.807) is 14.2 Å². The molecule has 0 saturated heterocycles. The number of rotatable bonds is 20. The molecule has 244 valence electrons. The summed E-state index contributed by atoms with van der Waals surface area (Å²) in [7, 11) is -4.74. The first-order valence-corrected chi connectivity index (χ1v) is 19.2. The smallest absolute Gasteiger partial charge is 0.377 e. The van der Waals surface area contributed by atoms with Crippen LogP contribution < -0.4 is 0 Å². The van der Waals surface area contributed by atoms with Gasteiger partial charge in [-0.05, 0) is 77.0 Å².